The molecule has 17 heavy (non-hydrogen) atoms. The Hall–Kier alpha value is -2.08. The van der Waals surface area contributed by atoms with E-state index in [1.54, 1.807) is 24.3 Å². The monoisotopic (exact) mass is 238 g/mol. The number of hydrogen-bond acceptors (Lipinski definition) is 5. The number of carbonyl (C=O) groups is 1. The van der Waals surface area contributed by atoms with E-state index in [0.29, 0.717) is 11.3 Å². The van der Waals surface area contributed by atoms with Crippen LogP contribution in [0.4, 0.5) is 0 Å². The molecule has 1 aromatic rings. The molecule has 0 heterocycles. The highest BCUT2D eigenvalue weighted by Crippen LogP contribution is 2.20. The second-order valence-corrected chi connectivity index (χ2v) is 3.43. The summed E-state index contributed by atoms with van der Waals surface area (Å²) >= 11 is 0. The van der Waals surface area contributed by atoms with E-state index < -0.39 is 17.9 Å². The maximum atomic E-state index is 10.8. The van der Waals surface area contributed by atoms with Gasteiger partial charge in [-0.25, -0.2) is 0 Å². The van der Waals surface area contributed by atoms with Crippen LogP contribution in [-0.4, -0.2) is 35.6 Å². The normalized spacial score (nSPS) is 14.5. The van der Waals surface area contributed by atoms with Crippen molar-refractivity contribution >= 4 is 12.2 Å². The van der Waals surface area contributed by atoms with Crippen LogP contribution in [0.15, 0.2) is 29.4 Å². The fourth-order valence-electron chi connectivity index (χ4n) is 1.44. The Labute approximate surface area is 98.3 Å². The van der Waals surface area contributed by atoms with E-state index in [4.69, 9.17) is 20.8 Å². The van der Waals surface area contributed by atoms with E-state index in [1.807, 2.05) is 0 Å². The van der Waals surface area contributed by atoms with Crippen LogP contribution in [0.2, 0.25) is 0 Å². The van der Waals surface area contributed by atoms with E-state index in [1.165, 1.54) is 7.11 Å². The van der Waals surface area contributed by atoms with E-state index >= 15 is 0 Å². The number of rotatable bonds is 5. The lowest BCUT2D eigenvalue weighted by Crippen LogP contribution is -2.37. The molecule has 0 radical (unpaired) electrons. The number of hydrogen-bond donors (Lipinski definition) is 3. The number of carboxylic acids is 1. The van der Waals surface area contributed by atoms with Gasteiger partial charge in [0.1, 0.15) is 11.8 Å². The molecule has 0 aromatic heterocycles. The van der Waals surface area contributed by atoms with Gasteiger partial charge in [0.2, 0.25) is 0 Å². The molecule has 0 fully saturated rings. The summed E-state index contributed by atoms with van der Waals surface area (Å²) in [5, 5.41) is 20.2. The Morgan fingerprint density at radius 1 is 1.47 bits per heavy atom. The summed E-state index contributed by atoms with van der Waals surface area (Å²) in [5.74, 6) is -1.20. The predicted octanol–water partition coefficient (Wildman–Crippen LogP) is 0.651. The minimum absolute atomic E-state index is 0.638. The molecule has 0 bridgehead atoms. The third-order valence-corrected chi connectivity index (χ3v) is 2.40. The van der Waals surface area contributed by atoms with Gasteiger partial charge in [-0.2, -0.15) is 0 Å². The summed E-state index contributed by atoms with van der Waals surface area (Å²) < 4.78 is 4.99. The minimum atomic E-state index is -1.17. The van der Waals surface area contributed by atoms with Crippen LogP contribution in [0.1, 0.15) is 11.5 Å². The van der Waals surface area contributed by atoms with Gasteiger partial charge in [-0.15, -0.1) is 5.16 Å². The number of methoxy groups -OCH3 is 1. The van der Waals surface area contributed by atoms with Gasteiger partial charge < -0.3 is 20.8 Å². The van der Waals surface area contributed by atoms with Crippen molar-refractivity contribution in [3.05, 3.63) is 29.8 Å². The van der Waals surface area contributed by atoms with Crippen molar-refractivity contribution in [3.63, 3.8) is 0 Å². The van der Waals surface area contributed by atoms with E-state index in [0.717, 1.165) is 6.21 Å². The average Bonchev–Trinajstić information content (AvgIpc) is 2.35. The molecule has 0 spiro atoms. The van der Waals surface area contributed by atoms with Gasteiger partial charge >= 0.3 is 5.97 Å². The van der Waals surface area contributed by atoms with E-state index in [2.05, 4.69) is 5.16 Å². The Morgan fingerprint density at radius 3 is 2.47 bits per heavy atom. The zero-order valence-corrected chi connectivity index (χ0v) is 9.28. The van der Waals surface area contributed by atoms with Gasteiger partial charge in [-0.05, 0) is 17.7 Å². The van der Waals surface area contributed by atoms with Crippen molar-refractivity contribution in [2.45, 2.75) is 12.0 Å². The molecule has 2 unspecified atom stereocenters. The Balaban J connectivity index is 3.00. The third-order valence-electron chi connectivity index (χ3n) is 2.40. The quantitative estimate of drug-likeness (QED) is 0.397. The number of ether oxygens (including phenoxy) is 1. The molecule has 92 valence electrons. The van der Waals surface area contributed by atoms with Gasteiger partial charge in [0, 0.05) is 5.92 Å². The van der Waals surface area contributed by atoms with Crippen molar-refractivity contribution in [1.29, 1.82) is 0 Å². The number of oxime groups is 1. The number of nitrogens with two attached hydrogens (primary N) is 1. The van der Waals surface area contributed by atoms with Crippen LogP contribution < -0.4 is 10.5 Å². The first kappa shape index (κ1) is 13.0. The van der Waals surface area contributed by atoms with E-state index in [9.17, 15) is 4.79 Å². The molecule has 4 N–H and O–H groups in total. The molecule has 1 aromatic carbocycles. The number of benzene rings is 1. The fraction of sp³-hybridized carbons (Fsp3) is 0.273. The van der Waals surface area contributed by atoms with Crippen LogP contribution in [0.25, 0.3) is 0 Å². The minimum Gasteiger partial charge on any atom is -0.497 e. The smallest absolute Gasteiger partial charge is 0.321 e. The van der Waals surface area contributed by atoms with Gasteiger partial charge in [0.05, 0.1) is 13.3 Å². The maximum absolute atomic E-state index is 10.8. The topological polar surface area (TPSA) is 105 Å². The molecule has 0 saturated carbocycles. The third kappa shape index (κ3) is 3.18. The summed E-state index contributed by atoms with van der Waals surface area (Å²) in [6.07, 6.45) is 1.10. The number of aliphatic carboxylic acids is 1. The molecule has 1 rings (SSSR count). The van der Waals surface area contributed by atoms with Crippen molar-refractivity contribution in [3.8, 4) is 5.75 Å². The highest BCUT2D eigenvalue weighted by molar-refractivity contribution is 5.82. The second kappa shape index (κ2) is 5.86. The van der Waals surface area contributed by atoms with Crippen LogP contribution >= 0.6 is 0 Å². The van der Waals surface area contributed by atoms with Crippen molar-refractivity contribution in [2.75, 3.05) is 7.11 Å². The molecule has 6 heteroatoms. The van der Waals surface area contributed by atoms with Gasteiger partial charge in [0.15, 0.2) is 0 Å². The summed E-state index contributed by atoms with van der Waals surface area (Å²) in [6, 6.07) is 5.55. The molecule has 0 aliphatic carbocycles. The summed E-state index contributed by atoms with van der Waals surface area (Å²) in [5.41, 5.74) is 6.15. The number of carboxylic acid groups (broad SMARTS) is 1. The molecule has 0 amide bonds. The molecule has 0 saturated heterocycles. The number of nitrogens with zero attached hydrogens (tertiary/aromatic N) is 1. The first-order valence-electron chi connectivity index (χ1n) is 4.90. The first-order chi connectivity index (χ1) is 8.10. The molecular weight excluding hydrogens is 224 g/mol. The zero-order valence-electron chi connectivity index (χ0n) is 9.28. The molecule has 6 nitrogen and oxygen atoms in total. The Bertz CT molecular complexity index is 402. The van der Waals surface area contributed by atoms with Gasteiger partial charge in [-0.3, -0.25) is 4.79 Å². The highest BCUT2D eigenvalue weighted by Gasteiger charge is 2.24. The lowest BCUT2D eigenvalue weighted by atomic mass is 9.93. The molecule has 0 aliphatic heterocycles. The van der Waals surface area contributed by atoms with Crippen LogP contribution in [-0.2, 0) is 4.79 Å². The second-order valence-electron chi connectivity index (χ2n) is 3.43. The van der Waals surface area contributed by atoms with E-state index in [-0.39, 0.29) is 0 Å². The standard InChI is InChI=1S/C11H14N2O4/c1-17-8-4-2-7(3-5-8)9(6-13-16)10(12)11(14)15/h2-6,9-10,16H,12H2,1H3,(H,14,15)/b13-6+. The maximum Gasteiger partial charge on any atom is 0.321 e. The van der Waals surface area contributed by atoms with Crippen LogP contribution in [0.3, 0.4) is 0 Å². The van der Waals surface area contributed by atoms with Crippen molar-refractivity contribution in [1.82, 2.24) is 0 Å². The molecule has 2 atom stereocenters. The van der Waals surface area contributed by atoms with Crippen molar-refractivity contribution < 1.29 is 19.8 Å². The first-order valence-corrected chi connectivity index (χ1v) is 4.90. The molecule has 0 aliphatic rings. The SMILES string of the molecule is COc1ccc(C(/C=N/O)C(N)C(=O)O)cc1. The zero-order chi connectivity index (χ0) is 12.8. The molecular formula is C11H14N2O4. The van der Waals surface area contributed by atoms with Gasteiger partial charge in [0.25, 0.3) is 0 Å². The Morgan fingerprint density at radius 2 is 2.06 bits per heavy atom. The van der Waals surface area contributed by atoms with Gasteiger partial charge in [-0.1, -0.05) is 12.1 Å². The lowest BCUT2D eigenvalue weighted by molar-refractivity contribution is -0.138. The highest BCUT2D eigenvalue weighted by atomic mass is 16.5. The Kier molecular flexibility index (Phi) is 4.47. The average molecular weight is 238 g/mol. The fourth-order valence-corrected chi connectivity index (χ4v) is 1.44. The van der Waals surface area contributed by atoms with Crippen molar-refractivity contribution in [2.24, 2.45) is 10.9 Å². The predicted molar refractivity (Wildman–Crippen MR) is 61.6 cm³/mol. The summed E-state index contributed by atoms with van der Waals surface area (Å²) in [6.45, 7) is 0. The van der Waals surface area contributed by atoms with Crippen LogP contribution in [0, 0.1) is 0 Å². The largest absolute Gasteiger partial charge is 0.497 e. The van der Waals surface area contributed by atoms with Crippen LogP contribution in [0.5, 0.6) is 5.75 Å². The lowest BCUT2D eigenvalue weighted by Gasteiger charge is -2.16. The summed E-state index contributed by atoms with van der Waals surface area (Å²) in [7, 11) is 1.53. The summed E-state index contributed by atoms with van der Waals surface area (Å²) in [4.78, 5) is 10.8.